The number of piperidine rings is 1. The molecule has 150 valence electrons. The lowest BCUT2D eigenvalue weighted by atomic mass is 9.98. The van der Waals surface area contributed by atoms with Crippen molar-refractivity contribution < 1.29 is 17.6 Å². The molecule has 0 aliphatic carbocycles. The van der Waals surface area contributed by atoms with E-state index in [1.807, 2.05) is 0 Å². The highest BCUT2D eigenvalue weighted by Crippen LogP contribution is 2.27. The number of aryl methyl sites for hydroxylation is 1. The summed E-state index contributed by atoms with van der Waals surface area (Å²) in [6, 6.07) is 10.9. The molecule has 0 aromatic heterocycles. The van der Waals surface area contributed by atoms with Crippen LogP contribution in [-0.4, -0.2) is 31.7 Å². The van der Waals surface area contributed by atoms with Gasteiger partial charge in [-0.1, -0.05) is 35.9 Å². The molecular formula is C20H22ClFN2O3S. The van der Waals surface area contributed by atoms with Crippen molar-refractivity contribution in [2.24, 2.45) is 5.92 Å². The number of carbonyl (C=O) groups is 1. The zero-order valence-electron chi connectivity index (χ0n) is 15.5. The number of nitrogens with one attached hydrogen (secondary N) is 1. The van der Waals surface area contributed by atoms with Crippen LogP contribution in [0.2, 0.25) is 5.02 Å². The summed E-state index contributed by atoms with van der Waals surface area (Å²) in [6.07, 6.45) is 1.17. The maximum atomic E-state index is 13.7. The Bertz CT molecular complexity index is 981. The molecule has 5 nitrogen and oxygen atoms in total. The third-order valence-corrected chi connectivity index (χ3v) is 7.22. The maximum absolute atomic E-state index is 13.7. The summed E-state index contributed by atoms with van der Waals surface area (Å²) < 4.78 is 40.9. The van der Waals surface area contributed by atoms with E-state index < -0.39 is 15.9 Å². The first-order valence-electron chi connectivity index (χ1n) is 9.06. The van der Waals surface area contributed by atoms with Crippen molar-refractivity contribution in [2.75, 3.05) is 13.1 Å². The van der Waals surface area contributed by atoms with E-state index in [9.17, 15) is 17.6 Å². The van der Waals surface area contributed by atoms with Crippen LogP contribution >= 0.6 is 11.6 Å². The van der Waals surface area contributed by atoms with Gasteiger partial charge in [-0.05, 0) is 43.5 Å². The molecule has 0 bridgehead atoms. The van der Waals surface area contributed by atoms with Crippen LogP contribution in [0.4, 0.5) is 4.39 Å². The molecule has 1 heterocycles. The Morgan fingerprint density at radius 2 is 2.04 bits per heavy atom. The topological polar surface area (TPSA) is 66.5 Å². The van der Waals surface area contributed by atoms with Crippen LogP contribution in [-0.2, 0) is 21.4 Å². The predicted octanol–water partition coefficient (Wildman–Crippen LogP) is 3.50. The van der Waals surface area contributed by atoms with Crippen molar-refractivity contribution in [1.82, 2.24) is 9.62 Å². The molecular weight excluding hydrogens is 403 g/mol. The number of amides is 1. The molecule has 1 atom stereocenters. The lowest BCUT2D eigenvalue weighted by molar-refractivity contribution is -0.126. The summed E-state index contributed by atoms with van der Waals surface area (Å²) in [5.74, 6) is -1.13. The number of halogens is 2. The first-order valence-corrected chi connectivity index (χ1v) is 10.9. The van der Waals surface area contributed by atoms with Crippen molar-refractivity contribution >= 4 is 27.5 Å². The van der Waals surface area contributed by atoms with Crippen molar-refractivity contribution in [1.29, 1.82) is 0 Å². The number of carbonyl (C=O) groups excluding carboxylic acids is 1. The minimum absolute atomic E-state index is 0.0718. The van der Waals surface area contributed by atoms with Gasteiger partial charge in [-0.25, -0.2) is 12.8 Å². The summed E-state index contributed by atoms with van der Waals surface area (Å²) in [4.78, 5) is 12.6. The zero-order valence-corrected chi connectivity index (χ0v) is 17.1. The fraction of sp³-hybridized carbons (Fsp3) is 0.350. The Hall–Kier alpha value is -1.96. The van der Waals surface area contributed by atoms with Gasteiger partial charge in [0.25, 0.3) is 0 Å². The van der Waals surface area contributed by atoms with Crippen LogP contribution in [0.3, 0.4) is 0 Å². The van der Waals surface area contributed by atoms with Gasteiger partial charge >= 0.3 is 0 Å². The lowest BCUT2D eigenvalue weighted by Crippen LogP contribution is -2.45. The summed E-state index contributed by atoms with van der Waals surface area (Å²) >= 11 is 6.07. The highest BCUT2D eigenvalue weighted by molar-refractivity contribution is 7.89. The minimum Gasteiger partial charge on any atom is -0.352 e. The molecule has 2 aromatic rings. The maximum Gasteiger partial charge on any atom is 0.243 e. The molecule has 1 saturated heterocycles. The number of sulfonamides is 1. The molecule has 0 radical (unpaired) electrons. The van der Waals surface area contributed by atoms with Gasteiger partial charge in [0.05, 0.1) is 10.8 Å². The lowest BCUT2D eigenvalue weighted by Gasteiger charge is -2.31. The van der Waals surface area contributed by atoms with E-state index >= 15 is 0 Å². The first kappa shape index (κ1) is 20.8. The summed E-state index contributed by atoms with van der Waals surface area (Å²) in [7, 11) is -3.73. The number of rotatable bonds is 5. The third kappa shape index (κ3) is 4.54. The third-order valence-electron chi connectivity index (χ3n) is 4.95. The largest absolute Gasteiger partial charge is 0.352 e. The molecule has 2 aromatic carbocycles. The highest BCUT2D eigenvalue weighted by Gasteiger charge is 2.33. The molecule has 0 saturated carbocycles. The smallest absolute Gasteiger partial charge is 0.243 e. The van der Waals surface area contributed by atoms with E-state index in [1.54, 1.807) is 31.2 Å². The molecule has 28 heavy (non-hydrogen) atoms. The molecule has 1 fully saturated rings. The molecule has 8 heteroatoms. The van der Waals surface area contributed by atoms with E-state index in [-0.39, 0.29) is 29.7 Å². The molecule has 1 aliphatic heterocycles. The number of nitrogens with zero attached hydrogens (tertiary/aromatic N) is 1. The molecule has 3 rings (SSSR count). The Labute approximate surface area is 169 Å². The van der Waals surface area contributed by atoms with Gasteiger partial charge in [-0.3, -0.25) is 4.79 Å². The van der Waals surface area contributed by atoms with Gasteiger partial charge in [-0.2, -0.15) is 4.31 Å². The summed E-state index contributed by atoms with van der Waals surface area (Å²) in [5.41, 5.74) is 1.19. The molecule has 1 N–H and O–H groups in total. The van der Waals surface area contributed by atoms with Crippen LogP contribution in [0.15, 0.2) is 47.4 Å². The fourth-order valence-corrected chi connectivity index (χ4v) is 5.02. The highest BCUT2D eigenvalue weighted by atomic mass is 35.5. The molecule has 1 unspecified atom stereocenters. The SMILES string of the molecule is Cc1ccc(S(=O)(=O)N2CCCC(C(=O)NCc3ccccc3F)C2)cc1Cl. The summed E-state index contributed by atoms with van der Waals surface area (Å²) in [6.45, 7) is 2.32. The van der Waals surface area contributed by atoms with Crippen molar-refractivity contribution in [3.8, 4) is 0 Å². The number of hydrogen-bond acceptors (Lipinski definition) is 3. The van der Waals surface area contributed by atoms with E-state index in [0.29, 0.717) is 30.0 Å². The average Bonchev–Trinajstić information content (AvgIpc) is 2.69. The molecule has 0 spiro atoms. The van der Waals surface area contributed by atoms with Gasteiger partial charge in [-0.15, -0.1) is 0 Å². The van der Waals surface area contributed by atoms with Crippen molar-refractivity contribution in [2.45, 2.75) is 31.2 Å². The Balaban J connectivity index is 1.68. The van der Waals surface area contributed by atoms with Crippen LogP contribution < -0.4 is 5.32 Å². The van der Waals surface area contributed by atoms with Crippen LogP contribution in [0.5, 0.6) is 0 Å². The zero-order chi connectivity index (χ0) is 20.3. The minimum atomic E-state index is -3.73. The normalized spacial score (nSPS) is 18.0. The summed E-state index contributed by atoms with van der Waals surface area (Å²) in [5, 5.41) is 3.10. The van der Waals surface area contributed by atoms with E-state index in [4.69, 9.17) is 11.6 Å². The number of benzene rings is 2. The van der Waals surface area contributed by atoms with E-state index in [2.05, 4.69) is 5.32 Å². The second kappa shape index (κ2) is 8.59. The van der Waals surface area contributed by atoms with Crippen LogP contribution in [0, 0.1) is 18.7 Å². The van der Waals surface area contributed by atoms with E-state index in [1.165, 1.54) is 22.5 Å². The monoisotopic (exact) mass is 424 g/mol. The van der Waals surface area contributed by atoms with Gasteiger partial charge in [0.1, 0.15) is 5.82 Å². The standard InChI is InChI=1S/C20H22ClFN2O3S/c1-14-8-9-17(11-18(14)21)28(26,27)24-10-4-6-16(13-24)20(25)23-12-15-5-2-3-7-19(15)22/h2-3,5,7-9,11,16H,4,6,10,12-13H2,1H3,(H,23,25). The average molecular weight is 425 g/mol. The van der Waals surface area contributed by atoms with Crippen molar-refractivity contribution in [3.63, 3.8) is 0 Å². The predicted molar refractivity (Wildman–Crippen MR) is 106 cm³/mol. The second-order valence-corrected chi connectivity index (χ2v) is 9.27. The van der Waals surface area contributed by atoms with Crippen LogP contribution in [0.25, 0.3) is 0 Å². The van der Waals surface area contributed by atoms with E-state index in [0.717, 1.165) is 5.56 Å². The first-order chi connectivity index (χ1) is 13.3. The molecule has 1 amide bonds. The molecule has 1 aliphatic rings. The van der Waals surface area contributed by atoms with Gasteiger partial charge in [0.15, 0.2) is 0 Å². The Morgan fingerprint density at radius 1 is 1.29 bits per heavy atom. The second-order valence-electron chi connectivity index (χ2n) is 6.92. The van der Waals surface area contributed by atoms with Gasteiger partial charge < -0.3 is 5.32 Å². The van der Waals surface area contributed by atoms with Gasteiger partial charge in [0, 0.05) is 30.2 Å². The van der Waals surface area contributed by atoms with Crippen molar-refractivity contribution in [3.05, 3.63) is 64.4 Å². The van der Waals surface area contributed by atoms with Crippen LogP contribution in [0.1, 0.15) is 24.0 Å². The number of hydrogen-bond donors (Lipinski definition) is 1. The Kier molecular flexibility index (Phi) is 6.37. The fourth-order valence-electron chi connectivity index (χ4n) is 3.23. The van der Waals surface area contributed by atoms with Gasteiger partial charge in [0.2, 0.25) is 15.9 Å². The Morgan fingerprint density at radius 3 is 2.75 bits per heavy atom. The quantitative estimate of drug-likeness (QED) is 0.798.